The number of ether oxygens (including phenoxy) is 1. The van der Waals surface area contributed by atoms with Gasteiger partial charge in [0.25, 0.3) is 5.88 Å². The molecule has 108 valence electrons. The Balaban J connectivity index is 1.97. The van der Waals surface area contributed by atoms with Crippen LogP contribution in [0.25, 0.3) is 0 Å². The number of rotatable bonds is 4. The largest absolute Gasteiger partial charge is 0.478 e. The molecular weight excluding hydrogens is 272 g/mol. The molecule has 1 aliphatic carbocycles. The molecule has 1 aromatic heterocycles. The zero-order valence-electron chi connectivity index (χ0n) is 11.4. The number of nitrogens with zero attached hydrogens (tertiary/aromatic N) is 2. The lowest BCUT2D eigenvalue weighted by Gasteiger charge is -2.10. The van der Waals surface area contributed by atoms with Gasteiger partial charge in [0.1, 0.15) is 5.75 Å². The highest BCUT2D eigenvalue weighted by atomic mass is 16.5. The number of carboxylic acids is 1. The number of hydrogen-bond acceptors (Lipinski definition) is 4. The minimum absolute atomic E-state index is 0.0324. The molecule has 1 heterocycles. The molecule has 0 amide bonds. The van der Waals surface area contributed by atoms with Crippen LogP contribution in [0.5, 0.6) is 11.6 Å². The van der Waals surface area contributed by atoms with E-state index in [0.29, 0.717) is 5.75 Å². The quantitative estimate of drug-likeness (QED) is 0.933. The molecule has 2 aromatic rings. The number of carbonyl (C=O) groups is 1. The van der Waals surface area contributed by atoms with Crippen LogP contribution in [0.15, 0.2) is 35.4 Å². The number of benzene rings is 1. The third kappa shape index (κ3) is 2.65. The van der Waals surface area contributed by atoms with Crippen molar-refractivity contribution in [3.05, 3.63) is 52.1 Å². The Morgan fingerprint density at radius 2 is 2.19 bits per heavy atom. The monoisotopic (exact) mass is 286 g/mol. The molecule has 0 spiro atoms. The number of aromatic carboxylic acids is 1. The van der Waals surface area contributed by atoms with Gasteiger partial charge in [-0.25, -0.2) is 9.78 Å². The fourth-order valence-corrected chi connectivity index (χ4v) is 2.06. The van der Waals surface area contributed by atoms with E-state index in [0.717, 1.165) is 18.4 Å². The molecule has 1 fully saturated rings. The highest BCUT2D eigenvalue weighted by Gasteiger charge is 2.25. The molecule has 1 aliphatic rings. The van der Waals surface area contributed by atoms with Crippen molar-refractivity contribution in [2.75, 3.05) is 0 Å². The number of hydrogen-bond donors (Lipinski definition) is 1. The molecule has 21 heavy (non-hydrogen) atoms. The lowest BCUT2D eigenvalue weighted by molar-refractivity contribution is 0.0696. The fourth-order valence-electron chi connectivity index (χ4n) is 2.06. The first-order valence-corrected chi connectivity index (χ1v) is 6.65. The zero-order valence-corrected chi connectivity index (χ0v) is 11.4. The summed E-state index contributed by atoms with van der Waals surface area (Å²) in [6.07, 6.45) is 5.13. The van der Waals surface area contributed by atoms with Crippen molar-refractivity contribution in [3.63, 3.8) is 0 Å². The maximum Gasteiger partial charge on any atom is 0.335 e. The van der Waals surface area contributed by atoms with Gasteiger partial charge >= 0.3 is 11.5 Å². The van der Waals surface area contributed by atoms with Crippen molar-refractivity contribution in [2.24, 2.45) is 0 Å². The smallest absolute Gasteiger partial charge is 0.335 e. The van der Waals surface area contributed by atoms with Crippen LogP contribution in [0, 0.1) is 6.92 Å². The van der Waals surface area contributed by atoms with Crippen molar-refractivity contribution in [1.29, 1.82) is 0 Å². The van der Waals surface area contributed by atoms with Crippen LogP contribution in [0.1, 0.15) is 34.8 Å². The lowest BCUT2D eigenvalue weighted by Crippen LogP contribution is -2.20. The first-order valence-electron chi connectivity index (χ1n) is 6.65. The summed E-state index contributed by atoms with van der Waals surface area (Å²) >= 11 is 0. The van der Waals surface area contributed by atoms with Gasteiger partial charge in [-0.05, 0) is 37.5 Å². The van der Waals surface area contributed by atoms with Crippen molar-refractivity contribution >= 4 is 5.97 Å². The summed E-state index contributed by atoms with van der Waals surface area (Å²) in [5, 5.41) is 9.01. The Bertz CT molecular complexity index is 763. The maximum atomic E-state index is 12.2. The standard InChI is InChI=1S/C15H14N2O4/c1-9-2-3-10(15(19)20)8-12(9)21-13-14(18)17(7-6-16-13)11-4-5-11/h2-3,6-8,11H,4-5H2,1H3,(H,19,20). The van der Waals surface area contributed by atoms with Crippen LogP contribution < -0.4 is 10.3 Å². The van der Waals surface area contributed by atoms with Gasteiger partial charge in [0.05, 0.1) is 5.56 Å². The van der Waals surface area contributed by atoms with Crippen LogP contribution in [0.4, 0.5) is 0 Å². The van der Waals surface area contributed by atoms with E-state index in [-0.39, 0.29) is 23.0 Å². The van der Waals surface area contributed by atoms with Gasteiger partial charge in [-0.15, -0.1) is 0 Å². The molecule has 0 aliphatic heterocycles. The highest BCUT2D eigenvalue weighted by Crippen LogP contribution is 2.33. The molecular formula is C15H14N2O4. The summed E-state index contributed by atoms with van der Waals surface area (Å²) in [6, 6.07) is 4.76. The first kappa shape index (κ1) is 13.4. The van der Waals surface area contributed by atoms with Crippen LogP contribution in [0.3, 0.4) is 0 Å². The van der Waals surface area contributed by atoms with Crippen molar-refractivity contribution in [3.8, 4) is 11.6 Å². The molecule has 0 bridgehead atoms. The summed E-state index contributed by atoms with van der Waals surface area (Å²) in [4.78, 5) is 27.2. The minimum atomic E-state index is -1.05. The summed E-state index contributed by atoms with van der Waals surface area (Å²) < 4.78 is 7.15. The van der Waals surface area contributed by atoms with Crippen LogP contribution >= 0.6 is 0 Å². The van der Waals surface area contributed by atoms with E-state index >= 15 is 0 Å². The number of aryl methyl sites for hydroxylation is 1. The Hall–Kier alpha value is -2.63. The second-order valence-corrected chi connectivity index (χ2v) is 5.06. The summed E-state index contributed by atoms with van der Waals surface area (Å²) in [6.45, 7) is 1.78. The molecule has 3 rings (SSSR count). The van der Waals surface area contributed by atoms with E-state index < -0.39 is 5.97 Å². The predicted molar refractivity (Wildman–Crippen MR) is 75.0 cm³/mol. The van der Waals surface area contributed by atoms with Gasteiger partial charge in [0.2, 0.25) is 0 Å². The normalized spacial score (nSPS) is 14.0. The molecule has 0 unspecified atom stereocenters. The second kappa shape index (κ2) is 5.05. The topological polar surface area (TPSA) is 81.4 Å². The second-order valence-electron chi connectivity index (χ2n) is 5.06. The summed E-state index contributed by atoms with van der Waals surface area (Å²) in [7, 11) is 0. The molecule has 6 heteroatoms. The zero-order chi connectivity index (χ0) is 15.0. The van der Waals surface area contributed by atoms with E-state index in [4.69, 9.17) is 9.84 Å². The molecule has 0 saturated heterocycles. The number of carboxylic acid groups (broad SMARTS) is 1. The number of aromatic nitrogens is 2. The molecule has 0 radical (unpaired) electrons. The summed E-state index contributed by atoms with van der Waals surface area (Å²) in [5.74, 6) is -0.751. The lowest BCUT2D eigenvalue weighted by atomic mass is 10.1. The Labute approximate surface area is 120 Å². The van der Waals surface area contributed by atoms with Gasteiger partial charge in [0, 0.05) is 18.4 Å². The van der Waals surface area contributed by atoms with Gasteiger partial charge < -0.3 is 14.4 Å². The van der Waals surface area contributed by atoms with Crippen LogP contribution in [0.2, 0.25) is 0 Å². The molecule has 1 aromatic carbocycles. The average Bonchev–Trinajstić information content (AvgIpc) is 3.27. The first-order chi connectivity index (χ1) is 10.1. The van der Waals surface area contributed by atoms with Gasteiger partial charge in [-0.3, -0.25) is 4.79 Å². The van der Waals surface area contributed by atoms with Gasteiger partial charge in [0.15, 0.2) is 0 Å². The molecule has 1 saturated carbocycles. The molecule has 6 nitrogen and oxygen atoms in total. The predicted octanol–water partition coefficient (Wildman–Crippen LogP) is 2.38. The average molecular weight is 286 g/mol. The van der Waals surface area contributed by atoms with E-state index in [1.165, 1.54) is 18.3 Å². The van der Waals surface area contributed by atoms with Crippen LogP contribution in [-0.2, 0) is 0 Å². The van der Waals surface area contributed by atoms with Crippen molar-refractivity contribution < 1.29 is 14.6 Å². The third-order valence-corrected chi connectivity index (χ3v) is 3.42. The van der Waals surface area contributed by atoms with E-state index in [9.17, 15) is 9.59 Å². The molecule has 0 atom stereocenters. The molecule has 1 N–H and O–H groups in total. The SMILES string of the molecule is Cc1ccc(C(=O)O)cc1Oc1nccn(C2CC2)c1=O. The van der Waals surface area contributed by atoms with Crippen molar-refractivity contribution in [2.45, 2.75) is 25.8 Å². The summed E-state index contributed by atoms with van der Waals surface area (Å²) in [5.41, 5.74) is 0.553. The Kier molecular flexibility index (Phi) is 3.21. The maximum absolute atomic E-state index is 12.2. The van der Waals surface area contributed by atoms with E-state index in [1.807, 2.05) is 0 Å². The fraction of sp³-hybridized carbons (Fsp3) is 0.267. The highest BCUT2D eigenvalue weighted by molar-refractivity contribution is 5.88. The van der Waals surface area contributed by atoms with E-state index in [1.54, 1.807) is 23.8 Å². The minimum Gasteiger partial charge on any atom is -0.478 e. The van der Waals surface area contributed by atoms with Gasteiger partial charge in [-0.2, -0.15) is 0 Å². The Morgan fingerprint density at radius 3 is 2.86 bits per heavy atom. The van der Waals surface area contributed by atoms with Crippen molar-refractivity contribution in [1.82, 2.24) is 9.55 Å². The van der Waals surface area contributed by atoms with E-state index in [2.05, 4.69) is 4.98 Å². The van der Waals surface area contributed by atoms with Crippen LogP contribution in [-0.4, -0.2) is 20.6 Å². The third-order valence-electron chi connectivity index (χ3n) is 3.42. The Morgan fingerprint density at radius 1 is 1.43 bits per heavy atom. The van der Waals surface area contributed by atoms with Gasteiger partial charge in [-0.1, -0.05) is 6.07 Å².